The molecule has 32 heavy (non-hydrogen) atoms. The molecule has 2 nitrogen and oxygen atoms in total. The van der Waals surface area contributed by atoms with Gasteiger partial charge in [-0.2, -0.15) is 17.6 Å². The molecule has 0 fully saturated rings. The molecule has 2 aromatic rings. The molecule has 0 aromatic heterocycles. The molecule has 176 valence electrons. The molecule has 0 radical (unpaired) electrons. The standard InChI is InChI=1S/C25H29F5O2/c1-4-6-7-8-16-24(3,25(28,29)30)23(31)32-20-15-14-19(21(26)22(20)27)18-12-10-17(9-5-2)11-13-18/h10-15H,4-9,16H2,1-3H3. The first-order valence-electron chi connectivity index (χ1n) is 10.9. The number of unbranched alkanes of at least 4 members (excludes halogenated alkanes) is 3. The summed E-state index contributed by atoms with van der Waals surface area (Å²) in [6, 6.07) is 9.08. The third kappa shape index (κ3) is 5.87. The molecule has 2 rings (SSSR count). The maximum Gasteiger partial charge on any atom is 0.404 e. The molecular weight excluding hydrogens is 427 g/mol. The van der Waals surface area contributed by atoms with Gasteiger partial charge in [0.1, 0.15) is 0 Å². The smallest absolute Gasteiger partial charge is 0.404 e. The molecule has 0 spiro atoms. The first-order chi connectivity index (χ1) is 15.0. The number of carbonyl (C=O) groups is 1. The summed E-state index contributed by atoms with van der Waals surface area (Å²) in [7, 11) is 0. The van der Waals surface area contributed by atoms with E-state index in [1.165, 1.54) is 6.07 Å². The molecule has 0 aliphatic heterocycles. The van der Waals surface area contributed by atoms with E-state index in [0.29, 0.717) is 12.0 Å². The molecular formula is C25H29F5O2. The lowest BCUT2D eigenvalue weighted by Crippen LogP contribution is -2.45. The van der Waals surface area contributed by atoms with Gasteiger partial charge in [0.25, 0.3) is 0 Å². The van der Waals surface area contributed by atoms with Crippen molar-refractivity contribution in [2.75, 3.05) is 0 Å². The van der Waals surface area contributed by atoms with Crippen LogP contribution in [0.15, 0.2) is 36.4 Å². The summed E-state index contributed by atoms with van der Waals surface area (Å²) >= 11 is 0. The first kappa shape index (κ1) is 25.8. The zero-order chi connectivity index (χ0) is 23.9. The van der Waals surface area contributed by atoms with Crippen LogP contribution in [0, 0.1) is 17.0 Å². The summed E-state index contributed by atoms with van der Waals surface area (Å²) in [6.07, 6.45) is -1.31. The largest absolute Gasteiger partial charge is 0.423 e. The van der Waals surface area contributed by atoms with Crippen LogP contribution < -0.4 is 4.74 Å². The summed E-state index contributed by atoms with van der Waals surface area (Å²) < 4.78 is 75.0. The maximum absolute atomic E-state index is 14.7. The van der Waals surface area contributed by atoms with Gasteiger partial charge in [-0.25, -0.2) is 4.39 Å². The molecule has 0 saturated heterocycles. The van der Waals surface area contributed by atoms with Gasteiger partial charge in [0, 0.05) is 5.56 Å². The van der Waals surface area contributed by atoms with Crippen LogP contribution in [-0.2, 0) is 11.2 Å². The van der Waals surface area contributed by atoms with E-state index in [0.717, 1.165) is 44.2 Å². The number of halogens is 5. The normalized spacial score (nSPS) is 13.6. The van der Waals surface area contributed by atoms with E-state index in [9.17, 15) is 26.7 Å². The highest BCUT2D eigenvalue weighted by Crippen LogP contribution is 2.44. The van der Waals surface area contributed by atoms with Gasteiger partial charge in [0.15, 0.2) is 17.0 Å². The fraction of sp³-hybridized carbons (Fsp3) is 0.480. The maximum atomic E-state index is 14.7. The number of benzene rings is 2. The number of esters is 1. The Balaban J connectivity index is 2.25. The minimum atomic E-state index is -4.88. The van der Waals surface area contributed by atoms with Crippen molar-refractivity contribution in [1.29, 1.82) is 0 Å². The van der Waals surface area contributed by atoms with Crippen LogP contribution in [0.5, 0.6) is 5.75 Å². The van der Waals surface area contributed by atoms with Crippen LogP contribution in [0.1, 0.15) is 64.9 Å². The molecule has 0 saturated carbocycles. The van der Waals surface area contributed by atoms with Gasteiger partial charge in [-0.3, -0.25) is 4.79 Å². The van der Waals surface area contributed by atoms with Crippen LogP contribution in [0.3, 0.4) is 0 Å². The van der Waals surface area contributed by atoms with Crippen LogP contribution in [-0.4, -0.2) is 12.1 Å². The summed E-state index contributed by atoms with van der Waals surface area (Å²) in [5, 5.41) is 0. The lowest BCUT2D eigenvalue weighted by molar-refractivity contribution is -0.227. The summed E-state index contributed by atoms with van der Waals surface area (Å²) in [4.78, 5) is 12.4. The predicted molar refractivity (Wildman–Crippen MR) is 114 cm³/mol. The Bertz CT molecular complexity index is 906. The highest BCUT2D eigenvalue weighted by Gasteiger charge is 2.57. The number of aryl methyl sites for hydroxylation is 1. The van der Waals surface area contributed by atoms with E-state index >= 15 is 0 Å². The topological polar surface area (TPSA) is 26.3 Å². The fourth-order valence-electron chi connectivity index (χ4n) is 3.45. The van der Waals surface area contributed by atoms with Gasteiger partial charge >= 0.3 is 12.1 Å². The third-order valence-corrected chi connectivity index (χ3v) is 5.66. The molecule has 0 bridgehead atoms. The fourth-order valence-corrected chi connectivity index (χ4v) is 3.45. The van der Waals surface area contributed by atoms with E-state index in [4.69, 9.17) is 4.74 Å². The van der Waals surface area contributed by atoms with Crippen molar-refractivity contribution in [2.24, 2.45) is 5.41 Å². The van der Waals surface area contributed by atoms with E-state index in [1.54, 1.807) is 24.3 Å². The number of ether oxygens (including phenoxy) is 1. The molecule has 1 unspecified atom stereocenters. The lowest BCUT2D eigenvalue weighted by atomic mass is 9.83. The Kier molecular flexibility index (Phi) is 8.81. The molecule has 0 aliphatic rings. The number of hydrogen-bond acceptors (Lipinski definition) is 2. The summed E-state index contributed by atoms with van der Waals surface area (Å²) in [5.41, 5.74) is -1.41. The third-order valence-electron chi connectivity index (χ3n) is 5.66. The zero-order valence-electron chi connectivity index (χ0n) is 18.6. The van der Waals surface area contributed by atoms with Crippen LogP contribution in [0.4, 0.5) is 22.0 Å². The molecule has 2 aromatic carbocycles. The average molecular weight is 456 g/mol. The Labute approximate surface area is 185 Å². The van der Waals surface area contributed by atoms with Crippen molar-refractivity contribution >= 4 is 5.97 Å². The van der Waals surface area contributed by atoms with Crippen molar-refractivity contribution in [3.8, 4) is 16.9 Å². The Morgan fingerprint density at radius 2 is 1.53 bits per heavy atom. The number of carbonyl (C=O) groups excluding carboxylic acids is 1. The van der Waals surface area contributed by atoms with Crippen LogP contribution in [0.25, 0.3) is 11.1 Å². The van der Waals surface area contributed by atoms with Gasteiger partial charge in [-0.15, -0.1) is 0 Å². The van der Waals surface area contributed by atoms with E-state index < -0.39 is 41.4 Å². The van der Waals surface area contributed by atoms with Gasteiger partial charge in [-0.05, 0) is 43.0 Å². The molecule has 0 amide bonds. The van der Waals surface area contributed by atoms with Gasteiger partial charge in [-0.1, -0.05) is 70.2 Å². The number of hydrogen-bond donors (Lipinski definition) is 0. The Hall–Kier alpha value is -2.44. The van der Waals surface area contributed by atoms with Crippen molar-refractivity contribution < 1.29 is 31.5 Å². The lowest BCUT2D eigenvalue weighted by Gasteiger charge is -2.29. The van der Waals surface area contributed by atoms with Gasteiger partial charge < -0.3 is 4.74 Å². The monoisotopic (exact) mass is 456 g/mol. The second-order valence-electron chi connectivity index (χ2n) is 8.22. The van der Waals surface area contributed by atoms with Crippen molar-refractivity contribution in [1.82, 2.24) is 0 Å². The first-order valence-corrected chi connectivity index (χ1v) is 10.9. The second kappa shape index (κ2) is 10.9. The Morgan fingerprint density at radius 1 is 0.875 bits per heavy atom. The average Bonchev–Trinajstić information content (AvgIpc) is 2.74. The van der Waals surface area contributed by atoms with Crippen molar-refractivity contribution in [3.63, 3.8) is 0 Å². The summed E-state index contributed by atoms with van der Waals surface area (Å²) in [6.45, 7) is 4.68. The summed E-state index contributed by atoms with van der Waals surface area (Å²) in [5.74, 6) is -5.28. The van der Waals surface area contributed by atoms with E-state index in [1.807, 2.05) is 13.8 Å². The number of alkyl halides is 3. The number of rotatable bonds is 10. The van der Waals surface area contributed by atoms with Crippen LogP contribution >= 0.6 is 0 Å². The van der Waals surface area contributed by atoms with Crippen molar-refractivity contribution in [3.05, 3.63) is 53.6 Å². The predicted octanol–water partition coefficient (Wildman–Crippen LogP) is 8.03. The highest BCUT2D eigenvalue weighted by atomic mass is 19.4. The molecule has 0 heterocycles. The molecule has 7 heteroatoms. The van der Waals surface area contributed by atoms with Crippen molar-refractivity contribution in [2.45, 2.75) is 71.9 Å². The minimum Gasteiger partial charge on any atom is -0.423 e. The molecule has 0 aliphatic carbocycles. The minimum absolute atomic E-state index is 0.0662. The van der Waals surface area contributed by atoms with Gasteiger partial charge in [0.05, 0.1) is 0 Å². The Morgan fingerprint density at radius 3 is 2.09 bits per heavy atom. The SMILES string of the molecule is CCCCCCC(C)(C(=O)Oc1ccc(-c2ccc(CCC)cc2)c(F)c1F)C(F)(F)F. The molecule has 1 atom stereocenters. The second-order valence-corrected chi connectivity index (χ2v) is 8.22. The van der Waals surface area contributed by atoms with Gasteiger partial charge in [0.2, 0.25) is 5.82 Å². The van der Waals surface area contributed by atoms with E-state index in [2.05, 4.69) is 0 Å². The molecule has 0 N–H and O–H groups in total. The van der Waals surface area contributed by atoms with Crippen LogP contribution in [0.2, 0.25) is 0 Å². The quantitative estimate of drug-likeness (QED) is 0.157. The van der Waals surface area contributed by atoms with E-state index in [-0.39, 0.29) is 12.0 Å². The highest BCUT2D eigenvalue weighted by molar-refractivity contribution is 5.80. The zero-order valence-corrected chi connectivity index (χ0v) is 18.6.